The van der Waals surface area contributed by atoms with Gasteiger partial charge in [-0.15, -0.1) is 16.4 Å². The SMILES string of the molecule is COC(=O)c1cn(CCNC(=O)N[C@H](C)c2ncc(C)s2)nn1. The first-order chi connectivity index (χ1) is 11.0. The van der Waals surface area contributed by atoms with Crippen LogP contribution in [0.25, 0.3) is 0 Å². The molecule has 2 rings (SSSR count). The summed E-state index contributed by atoms with van der Waals surface area (Å²) in [7, 11) is 1.28. The second kappa shape index (κ2) is 7.68. The van der Waals surface area contributed by atoms with Crippen molar-refractivity contribution >= 4 is 23.3 Å². The Morgan fingerprint density at radius 3 is 2.91 bits per heavy atom. The molecule has 23 heavy (non-hydrogen) atoms. The van der Waals surface area contributed by atoms with Gasteiger partial charge < -0.3 is 15.4 Å². The van der Waals surface area contributed by atoms with E-state index < -0.39 is 5.97 Å². The van der Waals surface area contributed by atoms with Crippen molar-refractivity contribution in [2.24, 2.45) is 0 Å². The Kier molecular flexibility index (Phi) is 5.63. The Morgan fingerprint density at radius 2 is 2.26 bits per heavy atom. The lowest BCUT2D eigenvalue weighted by molar-refractivity contribution is 0.0594. The van der Waals surface area contributed by atoms with Crippen molar-refractivity contribution in [1.82, 2.24) is 30.6 Å². The molecule has 0 saturated carbocycles. The molecule has 1 atom stereocenters. The number of carbonyl (C=O) groups excluding carboxylic acids is 2. The first-order valence-corrected chi connectivity index (χ1v) is 7.76. The molecule has 0 aliphatic rings. The van der Waals surface area contributed by atoms with E-state index in [0.717, 1.165) is 9.88 Å². The van der Waals surface area contributed by atoms with Crippen molar-refractivity contribution < 1.29 is 14.3 Å². The summed E-state index contributed by atoms with van der Waals surface area (Å²) in [6.45, 7) is 4.58. The Balaban J connectivity index is 1.74. The molecule has 2 amide bonds. The van der Waals surface area contributed by atoms with Crippen LogP contribution in [0.3, 0.4) is 0 Å². The molecule has 0 bridgehead atoms. The van der Waals surface area contributed by atoms with Crippen molar-refractivity contribution in [3.63, 3.8) is 0 Å². The summed E-state index contributed by atoms with van der Waals surface area (Å²) in [6, 6.07) is -0.454. The van der Waals surface area contributed by atoms with Crippen LogP contribution in [0.2, 0.25) is 0 Å². The zero-order valence-electron chi connectivity index (χ0n) is 13.1. The van der Waals surface area contributed by atoms with E-state index in [1.54, 1.807) is 17.5 Å². The van der Waals surface area contributed by atoms with E-state index in [0.29, 0.717) is 13.1 Å². The first-order valence-electron chi connectivity index (χ1n) is 6.94. The van der Waals surface area contributed by atoms with E-state index in [4.69, 9.17) is 0 Å². The van der Waals surface area contributed by atoms with Gasteiger partial charge in [0.25, 0.3) is 0 Å². The highest BCUT2D eigenvalue weighted by molar-refractivity contribution is 7.11. The fourth-order valence-corrected chi connectivity index (χ4v) is 2.55. The molecule has 0 aliphatic heterocycles. The molecule has 0 aromatic carbocycles. The Morgan fingerprint density at radius 1 is 1.48 bits per heavy atom. The summed E-state index contributed by atoms with van der Waals surface area (Å²) in [5, 5.41) is 13.8. The van der Waals surface area contributed by atoms with E-state index in [1.165, 1.54) is 18.0 Å². The largest absolute Gasteiger partial charge is 0.464 e. The van der Waals surface area contributed by atoms with Gasteiger partial charge in [0.15, 0.2) is 5.69 Å². The minimum Gasteiger partial charge on any atom is -0.464 e. The van der Waals surface area contributed by atoms with Crippen molar-refractivity contribution in [3.8, 4) is 0 Å². The maximum atomic E-state index is 11.8. The summed E-state index contributed by atoms with van der Waals surface area (Å²) in [4.78, 5) is 28.4. The standard InChI is InChI=1S/C13H18N6O3S/c1-8-6-15-11(23-8)9(2)16-13(21)14-4-5-19-7-10(17-18-19)12(20)22-3/h6-7,9H,4-5H2,1-3H3,(H2,14,16,21)/t9-/m1/s1. The van der Waals surface area contributed by atoms with Gasteiger partial charge >= 0.3 is 12.0 Å². The molecule has 2 N–H and O–H groups in total. The number of nitrogens with zero attached hydrogens (tertiary/aromatic N) is 4. The molecule has 0 unspecified atom stereocenters. The topological polar surface area (TPSA) is 111 Å². The molecule has 2 aromatic rings. The molecule has 124 valence electrons. The van der Waals surface area contributed by atoms with Crippen LogP contribution in [0, 0.1) is 6.92 Å². The number of hydrogen-bond donors (Lipinski definition) is 2. The fourth-order valence-electron chi connectivity index (χ4n) is 1.77. The van der Waals surface area contributed by atoms with Crippen LogP contribution in [0.4, 0.5) is 4.79 Å². The highest BCUT2D eigenvalue weighted by Crippen LogP contribution is 2.18. The Bertz CT molecular complexity index is 683. The molecular formula is C13H18N6O3S. The number of hydrogen-bond acceptors (Lipinski definition) is 7. The highest BCUT2D eigenvalue weighted by atomic mass is 32.1. The molecule has 0 fully saturated rings. The number of urea groups is 1. The average Bonchev–Trinajstić information content (AvgIpc) is 3.15. The summed E-state index contributed by atoms with van der Waals surface area (Å²) < 4.78 is 6.00. The maximum absolute atomic E-state index is 11.8. The number of esters is 1. The van der Waals surface area contributed by atoms with Crippen LogP contribution in [0.5, 0.6) is 0 Å². The predicted octanol–water partition coefficient (Wildman–Crippen LogP) is 0.890. The van der Waals surface area contributed by atoms with Crippen molar-refractivity contribution in [1.29, 1.82) is 0 Å². The van der Waals surface area contributed by atoms with Crippen LogP contribution in [-0.2, 0) is 11.3 Å². The zero-order chi connectivity index (χ0) is 16.8. The summed E-state index contributed by atoms with van der Waals surface area (Å²) in [5.41, 5.74) is 0.129. The fraction of sp³-hybridized carbons (Fsp3) is 0.462. The molecule has 0 spiro atoms. The lowest BCUT2D eigenvalue weighted by Gasteiger charge is -2.12. The predicted molar refractivity (Wildman–Crippen MR) is 83.2 cm³/mol. The van der Waals surface area contributed by atoms with Gasteiger partial charge in [-0.25, -0.2) is 19.3 Å². The van der Waals surface area contributed by atoms with Crippen LogP contribution in [-0.4, -0.2) is 45.6 Å². The summed E-state index contributed by atoms with van der Waals surface area (Å²) in [5.74, 6) is -0.547. The maximum Gasteiger partial charge on any atom is 0.360 e. The number of nitrogens with one attached hydrogen (secondary N) is 2. The number of methoxy groups -OCH3 is 1. The van der Waals surface area contributed by atoms with Gasteiger partial charge in [0.1, 0.15) is 5.01 Å². The minimum atomic E-state index is -0.547. The second-order valence-corrected chi connectivity index (χ2v) is 6.06. The van der Waals surface area contributed by atoms with E-state index in [-0.39, 0.29) is 17.8 Å². The first kappa shape index (κ1) is 16.9. The van der Waals surface area contributed by atoms with Crippen LogP contribution in [0.15, 0.2) is 12.4 Å². The van der Waals surface area contributed by atoms with Gasteiger partial charge in [-0.2, -0.15) is 0 Å². The zero-order valence-corrected chi connectivity index (χ0v) is 13.9. The van der Waals surface area contributed by atoms with Gasteiger partial charge in [-0.3, -0.25) is 0 Å². The monoisotopic (exact) mass is 338 g/mol. The number of thiazole rings is 1. The smallest absolute Gasteiger partial charge is 0.360 e. The van der Waals surface area contributed by atoms with Gasteiger partial charge in [0, 0.05) is 17.6 Å². The normalized spacial score (nSPS) is 11.8. The van der Waals surface area contributed by atoms with Crippen molar-refractivity contribution in [2.45, 2.75) is 26.4 Å². The molecule has 0 radical (unpaired) electrons. The lowest BCUT2D eigenvalue weighted by atomic mass is 10.3. The average molecular weight is 338 g/mol. The second-order valence-electron chi connectivity index (χ2n) is 4.79. The third-order valence-electron chi connectivity index (χ3n) is 2.92. The molecule has 10 heteroatoms. The Labute approximate surface area is 137 Å². The van der Waals surface area contributed by atoms with Crippen molar-refractivity contribution in [2.75, 3.05) is 13.7 Å². The number of aromatic nitrogens is 4. The number of amides is 2. The molecule has 9 nitrogen and oxygen atoms in total. The van der Waals surface area contributed by atoms with Crippen LogP contribution < -0.4 is 10.6 Å². The van der Waals surface area contributed by atoms with Crippen LogP contribution in [0.1, 0.15) is 33.3 Å². The molecule has 2 heterocycles. The van der Waals surface area contributed by atoms with Gasteiger partial charge in [0.2, 0.25) is 0 Å². The number of ether oxygens (including phenoxy) is 1. The highest BCUT2D eigenvalue weighted by Gasteiger charge is 2.13. The third-order valence-corrected chi connectivity index (χ3v) is 4.01. The Hall–Kier alpha value is -2.49. The number of aryl methyl sites for hydroxylation is 1. The number of carbonyl (C=O) groups is 2. The summed E-state index contributed by atoms with van der Waals surface area (Å²) in [6.07, 6.45) is 3.24. The van der Waals surface area contributed by atoms with Crippen molar-refractivity contribution in [3.05, 3.63) is 28.0 Å². The van der Waals surface area contributed by atoms with E-state index >= 15 is 0 Å². The van der Waals surface area contributed by atoms with Gasteiger partial charge in [-0.1, -0.05) is 5.21 Å². The minimum absolute atomic E-state index is 0.129. The molecule has 0 aliphatic carbocycles. The van der Waals surface area contributed by atoms with Gasteiger partial charge in [-0.05, 0) is 13.8 Å². The summed E-state index contributed by atoms with van der Waals surface area (Å²) >= 11 is 1.55. The van der Waals surface area contributed by atoms with E-state index in [1.807, 2.05) is 13.8 Å². The van der Waals surface area contributed by atoms with Crippen LogP contribution >= 0.6 is 11.3 Å². The lowest BCUT2D eigenvalue weighted by Crippen LogP contribution is -2.38. The van der Waals surface area contributed by atoms with Gasteiger partial charge in [0.05, 0.1) is 25.9 Å². The third kappa shape index (κ3) is 4.74. The number of rotatable bonds is 6. The van der Waals surface area contributed by atoms with E-state index in [2.05, 4.69) is 30.7 Å². The molecule has 0 saturated heterocycles. The van der Waals surface area contributed by atoms with E-state index in [9.17, 15) is 9.59 Å². The quantitative estimate of drug-likeness (QED) is 0.757. The molecular weight excluding hydrogens is 320 g/mol. The molecule has 2 aromatic heterocycles.